The number of halogens is 1. The van der Waals surface area contributed by atoms with Gasteiger partial charge in [-0.2, -0.15) is 0 Å². The van der Waals surface area contributed by atoms with Crippen LogP contribution in [0.2, 0.25) is 0 Å². The van der Waals surface area contributed by atoms with E-state index in [9.17, 15) is 0 Å². The Morgan fingerprint density at radius 1 is 1.20 bits per heavy atom. The Balaban J connectivity index is 0.00000320. The van der Waals surface area contributed by atoms with Gasteiger partial charge in [-0.3, -0.25) is 0 Å². The second-order valence-corrected chi connectivity index (χ2v) is 7.97. The lowest BCUT2D eigenvalue weighted by Crippen LogP contribution is -2.36. The molecule has 0 aliphatic carbocycles. The largest absolute Gasteiger partial charge is 0.443 e. The molecule has 8 heteroatoms. The van der Waals surface area contributed by atoms with Gasteiger partial charge in [0.25, 0.3) is 0 Å². The SMILES string of the molecule is CCNC(=NCc1cccc(Cn2ccnc2)c1)NCc1ncc(C(C)(C)C)o1.I. The van der Waals surface area contributed by atoms with E-state index >= 15 is 0 Å². The summed E-state index contributed by atoms with van der Waals surface area (Å²) < 4.78 is 7.89. The number of nitrogens with one attached hydrogen (secondary N) is 2. The minimum Gasteiger partial charge on any atom is -0.443 e. The maximum absolute atomic E-state index is 5.84. The highest BCUT2D eigenvalue weighted by atomic mass is 127. The lowest BCUT2D eigenvalue weighted by atomic mass is 9.94. The van der Waals surface area contributed by atoms with Crippen LogP contribution in [0.15, 0.2) is 58.6 Å². The molecule has 3 rings (SSSR count). The lowest BCUT2D eigenvalue weighted by Gasteiger charge is -2.13. The van der Waals surface area contributed by atoms with Crippen LogP contribution in [0.3, 0.4) is 0 Å². The zero-order valence-electron chi connectivity index (χ0n) is 18.1. The van der Waals surface area contributed by atoms with Crippen LogP contribution in [0.1, 0.15) is 50.5 Å². The molecule has 0 unspecified atom stereocenters. The van der Waals surface area contributed by atoms with Crippen LogP contribution in [0.5, 0.6) is 0 Å². The van der Waals surface area contributed by atoms with Crippen LogP contribution in [-0.2, 0) is 25.0 Å². The summed E-state index contributed by atoms with van der Waals surface area (Å²) in [7, 11) is 0. The third-order valence-electron chi connectivity index (χ3n) is 4.38. The van der Waals surface area contributed by atoms with Gasteiger partial charge in [0.05, 0.1) is 25.6 Å². The van der Waals surface area contributed by atoms with E-state index in [1.807, 2.05) is 19.4 Å². The Hall–Kier alpha value is -2.36. The van der Waals surface area contributed by atoms with Crippen molar-refractivity contribution in [3.8, 4) is 0 Å². The molecule has 0 radical (unpaired) electrons. The standard InChI is InChI=1S/C22H30N6O.HI/c1-5-24-21(27-14-20-25-13-19(29-20)22(2,3)4)26-12-17-7-6-8-18(11-17)15-28-10-9-23-16-28;/h6-11,13,16H,5,12,14-15H2,1-4H3,(H2,24,26,27);1H. The normalized spacial score (nSPS) is 11.8. The first kappa shape index (κ1) is 23.9. The van der Waals surface area contributed by atoms with Crippen molar-refractivity contribution in [3.63, 3.8) is 0 Å². The smallest absolute Gasteiger partial charge is 0.213 e. The number of oxazole rings is 1. The van der Waals surface area contributed by atoms with Gasteiger partial charge in [0, 0.05) is 30.9 Å². The maximum Gasteiger partial charge on any atom is 0.213 e. The second-order valence-electron chi connectivity index (χ2n) is 7.97. The fourth-order valence-corrected chi connectivity index (χ4v) is 2.83. The maximum atomic E-state index is 5.84. The van der Waals surface area contributed by atoms with Gasteiger partial charge in [0.1, 0.15) is 5.76 Å². The minimum absolute atomic E-state index is 0. The second kappa shape index (κ2) is 11.1. The van der Waals surface area contributed by atoms with E-state index in [-0.39, 0.29) is 29.4 Å². The quantitative estimate of drug-likeness (QED) is 0.278. The van der Waals surface area contributed by atoms with E-state index in [0.29, 0.717) is 19.0 Å². The molecule has 0 saturated heterocycles. The molecule has 2 N–H and O–H groups in total. The van der Waals surface area contributed by atoms with Crippen molar-refractivity contribution in [2.45, 2.75) is 52.7 Å². The highest BCUT2D eigenvalue weighted by molar-refractivity contribution is 14.0. The molecule has 2 heterocycles. The molecular formula is C22H31IN6O. The van der Waals surface area contributed by atoms with Crippen molar-refractivity contribution in [1.82, 2.24) is 25.2 Å². The first-order valence-corrected chi connectivity index (χ1v) is 9.95. The molecule has 1 aromatic carbocycles. The van der Waals surface area contributed by atoms with Gasteiger partial charge in [-0.25, -0.2) is 15.0 Å². The summed E-state index contributed by atoms with van der Waals surface area (Å²) in [4.78, 5) is 13.2. The van der Waals surface area contributed by atoms with E-state index in [1.54, 1.807) is 12.4 Å². The number of hydrogen-bond donors (Lipinski definition) is 2. The van der Waals surface area contributed by atoms with Crippen molar-refractivity contribution >= 4 is 29.9 Å². The first-order valence-electron chi connectivity index (χ1n) is 9.95. The molecule has 0 saturated carbocycles. The van der Waals surface area contributed by atoms with Crippen molar-refractivity contribution < 1.29 is 4.42 Å². The van der Waals surface area contributed by atoms with Crippen molar-refractivity contribution in [2.75, 3.05) is 6.54 Å². The topological polar surface area (TPSA) is 80.3 Å². The zero-order chi connectivity index (χ0) is 20.7. The highest BCUT2D eigenvalue weighted by Gasteiger charge is 2.19. The van der Waals surface area contributed by atoms with E-state index in [4.69, 9.17) is 9.41 Å². The molecule has 0 aliphatic heterocycles. The summed E-state index contributed by atoms with van der Waals surface area (Å²) in [6.07, 6.45) is 7.38. The summed E-state index contributed by atoms with van der Waals surface area (Å²) >= 11 is 0. The van der Waals surface area contributed by atoms with E-state index < -0.39 is 0 Å². The third kappa shape index (κ3) is 7.16. The Morgan fingerprint density at radius 3 is 2.67 bits per heavy atom. The Labute approximate surface area is 195 Å². The molecule has 0 aliphatic rings. The van der Waals surface area contributed by atoms with Crippen LogP contribution >= 0.6 is 24.0 Å². The molecule has 0 amide bonds. The Kier molecular flexibility index (Phi) is 8.88. The number of hydrogen-bond acceptors (Lipinski definition) is 4. The fraction of sp³-hybridized carbons (Fsp3) is 0.409. The predicted molar refractivity (Wildman–Crippen MR) is 130 cm³/mol. The van der Waals surface area contributed by atoms with Crippen molar-refractivity contribution in [3.05, 3.63) is 72.0 Å². The number of imidazole rings is 1. The predicted octanol–water partition coefficient (Wildman–Crippen LogP) is 4.09. The van der Waals surface area contributed by atoms with Crippen LogP contribution in [0.25, 0.3) is 0 Å². The van der Waals surface area contributed by atoms with Crippen LogP contribution < -0.4 is 10.6 Å². The number of guanidine groups is 1. The third-order valence-corrected chi connectivity index (χ3v) is 4.38. The Morgan fingerprint density at radius 2 is 2.00 bits per heavy atom. The Bertz CT molecular complexity index is 927. The highest BCUT2D eigenvalue weighted by Crippen LogP contribution is 2.22. The van der Waals surface area contributed by atoms with Crippen molar-refractivity contribution in [1.29, 1.82) is 0 Å². The van der Waals surface area contributed by atoms with Gasteiger partial charge in [0.15, 0.2) is 5.96 Å². The molecular weight excluding hydrogens is 491 g/mol. The van der Waals surface area contributed by atoms with Gasteiger partial charge in [-0.15, -0.1) is 24.0 Å². The first-order chi connectivity index (χ1) is 13.9. The summed E-state index contributed by atoms with van der Waals surface area (Å²) in [5.74, 6) is 2.27. The molecule has 0 spiro atoms. The van der Waals surface area contributed by atoms with Gasteiger partial charge in [-0.1, -0.05) is 45.0 Å². The number of aromatic nitrogens is 3. The molecule has 2 aromatic heterocycles. The molecule has 162 valence electrons. The van der Waals surface area contributed by atoms with Gasteiger partial charge < -0.3 is 19.6 Å². The number of nitrogens with zero attached hydrogens (tertiary/aromatic N) is 4. The summed E-state index contributed by atoms with van der Waals surface area (Å²) in [6.45, 7) is 11.0. The van der Waals surface area contributed by atoms with Crippen molar-refractivity contribution in [2.24, 2.45) is 4.99 Å². The molecule has 3 aromatic rings. The summed E-state index contributed by atoms with van der Waals surface area (Å²) in [5.41, 5.74) is 2.33. The van der Waals surface area contributed by atoms with Crippen LogP contribution in [0.4, 0.5) is 0 Å². The van der Waals surface area contributed by atoms with E-state index in [2.05, 4.69) is 70.2 Å². The van der Waals surface area contributed by atoms with E-state index in [1.165, 1.54) is 5.56 Å². The summed E-state index contributed by atoms with van der Waals surface area (Å²) in [5, 5.41) is 6.56. The number of aliphatic imine (C=N–C) groups is 1. The molecule has 30 heavy (non-hydrogen) atoms. The lowest BCUT2D eigenvalue weighted by molar-refractivity contribution is 0.379. The molecule has 0 bridgehead atoms. The molecule has 0 fully saturated rings. The number of benzene rings is 1. The number of rotatable bonds is 7. The van der Waals surface area contributed by atoms with Gasteiger partial charge in [-0.05, 0) is 18.1 Å². The average molecular weight is 522 g/mol. The monoisotopic (exact) mass is 522 g/mol. The molecule has 7 nitrogen and oxygen atoms in total. The average Bonchev–Trinajstić information content (AvgIpc) is 3.36. The van der Waals surface area contributed by atoms with Gasteiger partial charge >= 0.3 is 0 Å². The molecule has 0 atom stereocenters. The zero-order valence-corrected chi connectivity index (χ0v) is 20.4. The van der Waals surface area contributed by atoms with E-state index in [0.717, 1.165) is 30.4 Å². The van der Waals surface area contributed by atoms with Gasteiger partial charge in [0.2, 0.25) is 5.89 Å². The summed E-state index contributed by atoms with van der Waals surface area (Å²) in [6, 6.07) is 8.45. The fourth-order valence-electron chi connectivity index (χ4n) is 2.83. The van der Waals surface area contributed by atoms with Crippen LogP contribution in [0, 0.1) is 0 Å². The van der Waals surface area contributed by atoms with Crippen LogP contribution in [-0.4, -0.2) is 27.0 Å². The minimum atomic E-state index is -0.0500.